The Balaban J connectivity index is 1.82. The molecule has 1 aliphatic heterocycles. The van der Waals surface area contributed by atoms with E-state index in [4.69, 9.17) is 9.72 Å². The zero-order valence-corrected chi connectivity index (χ0v) is 15.8. The van der Waals surface area contributed by atoms with Crippen LogP contribution in [0, 0.1) is 0 Å². The molecule has 5 rings (SSSR count). The van der Waals surface area contributed by atoms with E-state index in [1.165, 1.54) is 4.57 Å². The van der Waals surface area contributed by atoms with E-state index in [0.29, 0.717) is 66.8 Å². The van der Waals surface area contributed by atoms with Gasteiger partial charge in [-0.15, -0.1) is 0 Å². The standard InChI is InChI=1S/C19H19F2N7O/c1-2-26-11-22-14-16(26)24-19(27-7-9-29-10-8-27)25-17(14)28-13-6-4-3-5-12(13)23-18(28)15(20)21/h3-6,11,15H,2,7-10H2,1H3. The van der Waals surface area contributed by atoms with Gasteiger partial charge >= 0.3 is 0 Å². The number of anilines is 1. The third-order valence-electron chi connectivity index (χ3n) is 5.06. The van der Waals surface area contributed by atoms with Crippen LogP contribution in [0.5, 0.6) is 0 Å². The lowest BCUT2D eigenvalue weighted by atomic mass is 10.3. The second-order valence-corrected chi connectivity index (χ2v) is 6.74. The minimum Gasteiger partial charge on any atom is -0.378 e. The van der Waals surface area contributed by atoms with Gasteiger partial charge in [0.2, 0.25) is 5.95 Å². The van der Waals surface area contributed by atoms with Crippen molar-refractivity contribution in [3.05, 3.63) is 36.4 Å². The van der Waals surface area contributed by atoms with Gasteiger partial charge in [0.05, 0.1) is 30.6 Å². The van der Waals surface area contributed by atoms with Crippen LogP contribution in [0.1, 0.15) is 19.2 Å². The summed E-state index contributed by atoms with van der Waals surface area (Å²) < 4.78 is 36.5. The molecule has 10 heteroatoms. The maximum atomic E-state index is 13.9. The number of rotatable bonds is 4. The highest BCUT2D eigenvalue weighted by Gasteiger charge is 2.26. The summed E-state index contributed by atoms with van der Waals surface area (Å²) in [6, 6.07) is 7.04. The van der Waals surface area contributed by atoms with E-state index in [1.807, 2.05) is 16.4 Å². The van der Waals surface area contributed by atoms with Crippen molar-refractivity contribution in [3.8, 4) is 5.82 Å². The summed E-state index contributed by atoms with van der Waals surface area (Å²) >= 11 is 0. The van der Waals surface area contributed by atoms with Crippen LogP contribution in [0.2, 0.25) is 0 Å². The van der Waals surface area contributed by atoms with E-state index in [0.717, 1.165) is 0 Å². The van der Waals surface area contributed by atoms with Crippen molar-refractivity contribution >= 4 is 28.1 Å². The highest BCUT2D eigenvalue weighted by Crippen LogP contribution is 2.31. The number of hydrogen-bond donors (Lipinski definition) is 0. The molecule has 29 heavy (non-hydrogen) atoms. The molecule has 1 aliphatic rings. The molecule has 0 radical (unpaired) electrons. The summed E-state index contributed by atoms with van der Waals surface area (Å²) in [5.41, 5.74) is 2.12. The summed E-state index contributed by atoms with van der Waals surface area (Å²) in [4.78, 5) is 20.0. The maximum Gasteiger partial charge on any atom is 0.296 e. The molecule has 4 aromatic rings. The van der Waals surface area contributed by atoms with Crippen LogP contribution in [-0.4, -0.2) is 55.4 Å². The van der Waals surface area contributed by atoms with Crippen molar-refractivity contribution in [1.29, 1.82) is 0 Å². The molecule has 0 atom stereocenters. The zero-order chi connectivity index (χ0) is 20.0. The van der Waals surface area contributed by atoms with Gasteiger partial charge in [0.15, 0.2) is 22.8 Å². The fourth-order valence-electron chi connectivity index (χ4n) is 3.62. The molecule has 1 saturated heterocycles. The second kappa shape index (κ2) is 7.03. The lowest BCUT2D eigenvalue weighted by molar-refractivity contribution is 0.122. The summed E-state index contributed by atoms with van der Waals surface area (Å²) in [6.45, 7) is 5.05. The fraction of sp³-hybridized carbons (Fsp3) is 0.368. The fourth-order valence-corrected chi connectivity index (χ4v) is 3.62. The number of imidazole rings is 2. The second-order valence-electron chi connectivity index (χ2n) is 6.74. The first-order valence-electron chi connectivity index (χ1n) is 9.49. The van der Waals surface area contributed by atoms with Gasteiger partial charge in [-0.05, 0) is 19.1 Å². The monoisotopic (exact) mass is 399 g/mol. The SMILES string of the molecule is CCn1cnc2c(-n3c(C(F)F)nc4ccccc43)nc(N3CCOCC3)nc21. The van der Waals surface area contributed by atoms with Crippen LogP contribution in [0.15, 0.2) is 30.6 Å². The third-order valence-corrected chi connectivity index (χ3v) is 5.06. The number of fused-ring (bicyclic) bond motifs is 2. The third kappa shape index (κ3) is 2.91. The molecular weight excluding hydrogens is 380 g/mol. The van der Waals surface area contributed by atoms with Gasteiger partial charge in [0.1, 0.15) is 0 Å². The van der Waals surface area contributed by atoms with E-state index < -0.39 is 6.43 Å². The van der Waals surface area contributed by atoms with Gasteiger partial charge in [-0.1, -0.05) is 12.1 Å². The Labute approximate surface area is 164 Å². The number of alkyl halides is 2. The van der Waals surface area contributed by atoms with Gasteiger partial charge in [-0.3, -0.25) is 4.57 Å². The lowest BCUT2D eigenvalue weighted by Crippen LogP contribution is -2.37. The van der Waals surface area contributed by atoms with Gasteiger partial charge in [-0.2, -0.15) is 9.97 Å². The average Bonchev–Trinajstić information content (AvgIpc) is 3.35. The first-order valence-corrected chi connectivity index (χ1v) is 9.49. The number of halogens is 2. The van der Waals surface area contributed by atoms with E-state index in [2.05, 4.69) is 15.0 Å². The maximum absolute atomic E-state index is 13.9. The molecule has 0 saturated carbocycles. The Kier molecular flexibility index (Phi) is 4.35. The van der Waals surface area contributed by atoms with Crippen LogP contribution in [-0.2, 0) is 11.3 Å². The Hall–Kier alpha value is -3.14. The molecule has 0 unspecified atom stereocenters. The Morgan fingerprint density at radius 1 is 1.10 bits per heavy atom. The molecule has 0 N–H and O–H groups in total. The topological polar surface area (TPSA) is 73.9 Å². The van der Waals surface area contributed by atoms with Crippen LogP contribution < -0.4 is 4.90 Å². The predicted molar refractivity (Wildman–Crippen MR) is 104 cm³/mol. The Morgan fingerprint density at radius 2 is 1.90 bits per heavy atom. The van der Waals surface area contributed by atoms with Crippen molar-refractivity contribution in [2.45, 2.75) is 19.9 Å². The van der Waals surface area contributed by atoms with Crippen molar-refractivity contribution < 1.29 is 13.5 Å². The van der Waals surface area contributed by atoms with Crippen LogP contribution in [0.4, 0.5) is 14.7 Å². The first kappa shape index (κ1) is 17.9. The molecule has 0 spiro atoms. The molecule has 0 aliphatic carbocycles. The van der Waals surface area contributed by atoms with Gasteiger partial charge in [0, 0.05) is 19.6 Å². The van der Waals surface area contributed by atoms with Crippen molar-refractivity contribution in [2.75, 3.05) is 31.2 Å². The minimum atomic E-state index is -2.76. The average molecular weight is 399 g/mol. The molecule has 4 heterocycles. The number of para-hydroxylation sites is 2. The number of ether oxygens (including phenoxy) is 1. The van der Waals surface area contributed by atoms with E-state index >= 15 is 0 Å². The highest BCUT2D eigenvalue weighted by molar-refractivity contribution is 5.85. The molecule has 1 aromatic carbocycles. The number of hydrogen-bond acceptors (Lipinski definition) is 6. The van der Waals surface area contributed by atoms with Gasteiger partial charge < -0.3 is 14.2 Å². The molecule has 150 valence electrons. The Bertz CT molecular complexity index is 1180. The summed E-state index contributed by atoms with van der Waals surface area (Å²) in [7, 11) is 0. The minimum absolute atomic E-state index is 0.313. The van der Waals surface area contributed by atoms with Gasteiger partial charge in [0.25, 0.3) is 6.43 Å². The van der Waals surface area contributed by atoms with Crippen molar-refractivity contribution in [1.82, 2.24) is 29.1 Å². The summed E-state index contributed by atoms with van der Waals surface area (Å²) in [5, 5.41) is 0. The summed E-state index contributed by atoms with van der Waals surface area (Å²) in [6.07, 6.45) is -1.10. The van der Waals surface area contributed by atoms with Crippen LogP contribution >= 0.6 is 0 Å². The molecule has 1 fully saturated rings. The quantitative estimate of drug-likeness (QED) is 0.525. The van der Waals surface area contributed by atoms with E-state index in [9.17, 15) is 8.78 Å². The van der Waals surface area contributed by atoms with Crippen LogP contribution in [0.3, 0.4) is 0 Å². The predicted octanol–water partition coefficient (Wildman–Crippen LogP) is 2.96. The molecule has 0 amide bonds. The van der Waals surface area contributed by atoms with E-state index in [1.54, 1.807) is 30.6 Å². The molecule has 8 nitrogen and oxygen atoms in total. The zero-order valence-electron chi connectivity index (χ0n) is 15.8. The van der Waals surface area contributed by atoms with Gasteiger partial charge in [-0.25, -0.2) is 18.7 Å². The van der Waals surface area contributed by atoms with Crippen molar-refractivity contribution in [2.24, 2.45) is 0 Å². The molecular formula is C19H19F2N7O. The summed E-state index contributed by atoms with van der Waals surface area (Å²) in [5.74, 6) is 0.432. The number of aryl methyl sites for hydroxylation is 1. The number of morpholine rings is 1. The first-order chi connectivity index (χ1) is 14.2. The van der Waals surface area contributed by atoms with E-state index in [-0.39, 0.29) is 5.82 Å². The normalized spacial score (nSPS) is 15.1. The highest BCUT2D eigenvalue weighted by atomic mass is 19.3. The largest absolute Gasteiger partial charge is 0.378 e. The smallest absolute Gasteiger partial charge is 0.296 e. The number of aromatic nitrogens is 6. The van der Waals surface area contributed by atoms with Crippen LogP contribution in [0.25, 0.3) is 28.0 Å². The Morgan fingerprint density at radius 3 is 2.66 bits per heavy atom. The lowest BCUT2D eigenvalue weighted by Gasteiger charge is -2.27. The number of benzene rings is 1. The molecule has 0 bridgehead atoms. The molecule has 3 aromatic heterocycles. The number of nitrogens with zero attached hydrogens (tertiary/aromatic N) is 7. The van der Waals surface area contributed by atoms with Crippen molar-refractivity contribution in [3.63, 3.8) is 0 Å².